The van der Waals surface area contributed by atoms with Crippen LogP contribution in [0.5, 0.6) is 0 Å². The van der Waals surface area contributed by atoms with Gasteiger partial charge >= 0.3 is 5.97 Å². The number of fused-ring (bicyclic) bond motifs is 1. The summed E-state index contributed by atoms with van der Waals surface area (Å²) < 4.78 is 5.41. The van der Waals surface area contributed by atoms with Gasteiger partial charge in [-0.2, -0.15) is 0 Å². The minimum Gasteiger partial charge on any atom is -0.462 e. The third-order valence-corrected chi connectivity index (χ3v) is 6.50. The Hall–Kier alpha value is -2.92. The first-order valence-electron chi connectivity index (χ1n) is 10.5. The number of amides is 1. The van der Waals surface area contributed by atoms with E-state index in [0.29, 0.717) is 22.7 Å². The molecule has 4 rings (SSSR count). The van der Waals surface area contributed by atoms with Gasteiger partial charge in [0.15, 0.2) is 0 Å². The van der Waals surface area contributed by atoms with Gasteiger partial charge in [-0.3, -0.25) is 4.79 Å². The van der Waals surface area contributed by atoms with Crippen LogP contribution < -0.4 is 5.32 Å². The number of ether oxygens (including phenoxy) is 1. The van der Waals surface area contributed by atoms with Crippen LogP contribution >= 0.6 is 11.3 Å². The minimum atomic E-state index is -0.328. The second-order valence-corrected chi connectivity index (χ2v) is 8.55. The maximum atomic E-state index is 12.9. The molecule has 0 unspecified atom stereocenters. The SMILES string of the molecule is CCCOC(=O)c1c(NC(=O)c2ccc(-c3ccccc3)cc2)sc2c1CCCC2. The Morgan fingerprint density at radius 3 is 2.40 bits per heavy atom. The van der Waals surface area contributed by atoms with Crippen molar-refractivity contribution in [3.8, 4) is 11.1 Å². The quantitative estimate of drug-likeness (QED) is 0.490. The molecule has 0 bridgehead atoms. The molecule has 0 spiro atoms. The van der Waals surface area contributed by atoms with Crippen LogP contribution in [0.1, 0.15) is 57.3 Å². The van der Waals surface area contributed by atoms with Gasteiger partial charge in [0.05, 0.1) is 12.2 Å². The molecule has 2 aromatic carbocycles. The first-order valence-corrected chi connectivity index (χ1v) is 11.3. The van der Waals surface area contributed by atoms with Gasteiger partial charge in [0.1, 0.15) is 5.00 Å². The van der Waals surface area contributed by atoms with Crippen LogP contribution in [-0.4, -0.2) is 18.5 Å². The monoisotopic (exact) mass is 419 g/mol. The van der Waals surface area contributed by atoms with Crippen molar-refractivity contribution in [2.45, 2.75) is 39.0 Å². The number of thiophene rings is 1. The van der Waals surface area contributed by atoms with Crippen LogP contribution in [0.3, 0.4) is 0 Å². The van der Waals surface area contributed by atoms with Crippen molar-refractivity contribution in [1.29, 1.82) is 0 Å². The van der Waals surface area contributed by atoms with Crippen molar-refractivity contribution in [3.63, 3.8) is 0 Å². The lowest BCUT2D eigenvalue weighted by molar-refractivity contribution is 0.0505. The molecule has 4 nitrogen and oxygen atoms in total. The number of aryl methyl sites for hydroxylation is 1. The number of rotatable bonds is 6. The van der Waals surface area contributed by atoms with Crippen LogP contribution in [0.4, 0.5) is 5.00 Å². The van der Waals surface area contributed by atoms with E-state index in [1.165, 1.54) is 16.2 Å². The molecule has 3 aromatic rings. The van der Waals surface area contributed by atoms with Crippen LogP contribution in [0.15, 0.2) is 54.6 Å². The number of benzene rings is 2. The summed E-state index contributed by atoms with van der Waals surface area (Å²) >= 11 is 1.51. The number of carbonyl (C=O) groups is 2. The minimum absolute atomic E-state index is 0.210. The van der Waals surface area contributed by atoms with Gasteiger partial charge in [-0.25, -0.2) is 4.79 Å². The summed E-state index contributed by atoms with van der Waals surface area (Å²) in [6, 6.07) is 17.6. The second-order valence-electron chi connectivity index (χ2n) is 7.45. The number of nitrogens with one attached hydrogen (secondary N) is 1. The molecular weight excluding hydrogens is 394 g/mol. The Labute approximate surface area is 180 Å². The van der Waals surface area contributed by atoms with Gasteiger partial charge in [0, 0.05) is 10.4 Å². The zero-order valence-corrected chi connectivity index (χ0v) is 17.9. The van der Waals surface area contributed by atoms with Crippen molar-refractivity contribution >= 4 is 28.2 Å². The molecule has 0 radical (unpaired) electrons. The Kier molecular flexibility index (Phi) is 6.29. The number of hydrogen-bond donors (Lipinski definition) is 1. The van der Waals surface area contributed by atoms with Gasteiger partial charge in [-0.15, -0.1) is 11.3 Å². The van der Waals surface area contributed by atoms with Gasteiger partial charge in [-0.05, 0) is 60.9 Å². The van der Waals surface area contributed by atoms with E-state index in [2.05, 4.69) is 5.32 Å². The van der Waals surface area contributed by atoms with E-state index in [1.807, 2.05) is 61.5 Å². The Morgan fingerprint density at radius 1 is 0.967 bits per heavy atom. The van der Waals surface area contributed by atoms with E-state index in [-0.39, 0.29) is 11.9 Å². The highest BCUT2D eigenvalue weighted by molar-refractivity contribution is 7.17. The number of carbonyl (C=O) groups excluding carboxylic acids is 2. The number of hydrogen-bond acceptors (Lipinski definition) is 4. The molecule has 0 fully saturated rings. The fourth-order valence-corrected chi connectivity index (χ4v) is 5.03. The predicted octanol–water partition coefficient (Wildman–Crippen LogP) is 6.11. The fraction of sp³-hybridized carbons (Fsp3) is 0.280. The summed E-state index contributed by atoms with van der Waals surface area (Å²) in [7, 11) is 0. The van der Waals surface area contributed by atoms with Crippen LogP contribution in [0, 0.1) is 0 Å². The summed E-state index contributed by atoms with van der Waals surface area (Å²) in [5, 5.41) is 3.59. The Morgan fingerprint density at radius 2 is 1.67 bits per heavy atom. The van der Waals surface area contributed by atoms with Crippen molar-refractivity contribution in [1.82, 2.24) is 0 Å². The molecular formula is C25H25NO3S. The van der Waals surface area contributed by atoms with Gasteiger partial charge in [0.25, 0.3) is 5.91 Å². The van der Waals surface area contributed by atoms with Crippen molar-refractivity contribution in [2.75, 3.05) is 11.9 Å². The Balaban J connectivity index is 1.57. The molecule has 0 atom stereocenters. The first kappa shape index (κ1) is 20.4. The molecule has 1 N–H and O–H groups in total. The van der Waals surface area contributed by atoms with Crippen molar-refractivity contribution in [2.24, 2.45) is 0 Å². The zero-order chi connectivity index (χ0) is 20.9. The van der Waals surface area contributed by atoms with E-state index < -0.39 is 0 Å². The van der Waals surface area contributed by atoms with Crippen LogP contribution in [-0.2, 0) is 17.6 Å². The van der Waals surface area contributed by atoms with E-state index in [9.17, 15) is 9.59 Å². The summed E-state index contributed by atoms with van der Waals surface area (Å²) in [6.07, 6.45) is 4.77. The predicted molar refractivity (Wildman–Crippen MR) is 121 cm³/mol. The molecule has 1 amide bonds. The highest BCUT2D eigenvalue weighted by Gasteiger charge is 2.27. The maximum Gasteiger partial charge on any atom is 0.341 e. The summed E-state index contributed by atoms with van der Waals surface area (Å²) in [5.74, 6) is -0.538. The summed E-state index contributed by atoms with van der Waals surface area (Å²) in [6.45, 7) is 2.36. The lowest BCUT2D eigenvalue weighted by atomic mass is 9.95. The third kappa shape index (κ3) is 4.31. The van der Waals surface area contributed by atoms with Crippen molar-refractivity contribution in [3.05, 3.63) is 76.2 Å². The lowest BCUT2D eigenvalue weighted by Crippen LogP contribution is -2.16. The molecule has 1 aliphatic rings. The normalized spacial score (nSPS) is 12.8. The zero-order valence-electron chi connectivity index (χ0n) is 17.1. The van der Waals surface area contributed by atoms with E-state index in [4.69, 9.17) is 4.74 Å². The van der Waals surface area contributed by atoms with Crippen LogP contribution in [0.25, 0.3) is 11.1 Å². The van der Waals surface area contributed by atoms with Crippen molar-refractivity contribution < 1.29 is 14.3 Å². The topological polar surface area (TPSA) is 55.4 Å². The van der Waals surface area contributed by atoms with Gasteiger partial charge in [-0.1, -0.05) is 49.4 Å². The summed E-state index contributed by atoms with van der Waals surface area (Å²) in [4.78, 5) is 26.8. The number of anilines is 1. The van der Waals surface area contributed by atoms with Gasteiger partial charge < -0.3 is 10.1 Å². The first-order chi connectivity index (χ1) is 14.7. The molecule has 1 heterocycles. The average Bonchev–Trinajstić information content (AvgIpc) is 3.16. The average molecular weight is 420 g/mol. The lowest BCUT2D eigenvalue weighted by Gasteiger charge is -2.12. The molecule has 0 saturated heterocycles. The van der Waals surface area contributed by atoms with E-state index in [1.54, 1.807) is 0 Å². The molecule has 5 heteroatoms. The van der Waals surface area contributed by atoms with Gasteiger partial charge in [0.2, 0.25) is 0 Å². The molecule has 0 aliphatic heterocycles. The highest BCUT2D eigenvalue weighted by Crippen LogP contribution is 2.39. The molecule has 1 aliphatic carbocycles. The van der Waals surface area contributed by atoms with Crippen LogP contribution in [0.2, 0.25) is 0 Å². The molecule has 30 heavy (non-hydrogen) atoms. The molecule has 1 aromatic heterocycles. The molecule has 154 valence electrons. The molecule has 0 saturated carbocycles. The number of esters is 1. The van der Waals surface area contributed by atoms with E-state index >= 15 is 0 Å². The second kappa shape index (κ2) is 9.26. The van der Waals surface area contributed by atoms with E-state index in [0.717, 1.165) is 48.8 Å². The standard InChI is InChI=1S/C25H25NO3S/c1-2-16-29-25(28)22-20-10-6-7-11-21(20)30-24(22)26-23(27)19-14-12-18(13-15-19)17-8-4-3-5-9-17/h3-5,8-9,12-15H,2,6-7,10-11,16H2,1H3,(H,26,27). The fourth-order valence-electron chi connectivity index (χ4n) is 3.76. The smallest absolute Gasteiger partial charge is 0.341 e. The third-order valence-electron chi connectivity index (χ3n) is 5.29. The Bertz CT molecular complexity index is 1040. The largest absolute Gasteiger partial charge is 0.462 e. The highest BCUT2D eigenvalue weighted by atomic mass is 32.1. The maximum absolute atomic E-state index is 12.9. The summed E-state index contributed by atoms with van der Waals surface area (Å²) in [5.41, 5.74) is 4.34.